The van der Waals surface area contributed by atoms with Crippen LogP contribution in [0.2, 0.25) is 0 Å². The molecule has 0 saturated heterocycles. The van der Waals surface area contributed by atoms with Crippen LogP contribution in [0.4, 0.5) is 0 Å². The van der Waals surface area contributed by atoms with Crippen molar-refractivity contribution < 1.29 is 9.53 Å². The second-order valence-corrected chi connectivity index (χ2v) is 6.55. The van der Waals surface area contributed by atoms with Crippen LogP contribution in [0.5, 0.6) is 5.75 Å². The smallest absolute Gasteiger partial charge is 0.251 e. The Hall–Kier alpha value is -1.81. The molecule has 0 radical (unpaired) electrons. The molecule has 0 aromatic heterocycles. The average Bonchev–Trinajstić information content (AvgIpc) is 2.94. The van der Waals surface area contributed by atoms with E-state index in [-0.39, 0.29) is 11.9 Å². The summed E-state index contributed by atoms with van der Waals surface area (Å²) in [4.78, 5) is 12.2. The van der Waals surface area contributed by atoms with Crippen LogP contribution in [-0.4, -0.2) is 18.6 Å². The lowest BCUT2D eigenvalue weighted by atomic mass is 10.0. The van der Waals surface area contributed by atoms with E-state index in [0.717, 1.165) is 29.7 Å². The third-order valence-electron chi connectivity index (χ3n) is 3.76. The summed E-state index contributed by atoms with van der Waals surface area (Å²) in [6.45, 7) is 2.80. The van der Waals surface area contributed by atoms with Crippen molar-refractivity contribution in [3.05, 3.63) is 63.6 Å². The van der Waals surface area contributed by atoms with Crippen molar-refractivity contribution in [3.8, 4) is 5.75 Å². The van der Waals surface area contributed by atoms with E-state index in [4.69, 9.17) is 4.74 Å². The number of fused-ring (bicyclic) bond motifs is 1. The minimum Gasteiger partial charge on any atom is -0.493 e. The van der Waals surface area contributed by atoms with Crippen molar-refractivity contribution >= 4 is 21.8 Å². The third-order valence-corrected chi connectivity index (χ3v) is 4.25. The molecule has 0 saturated carbocycles. The van der Waals surface area contributed by atoms with E-state index in [0.29, 0.717) is 5.56 Å². The number of benzene rings is 2. The first-order valence-corrected chi connectivity index (χ1v) is 8.22. The Kier molecular flexibility index (Phi) is 4.48. The molecule has 1 aliphatic heterocycles. The lowest BCUT2D eigenvalue weighted by Crippen LogP contribution is -2.34. The molecule has 1 amide bonds. The first-order chi connectivity index (χ1) is 10.6. The molecule has 4 heteroatoms. The molecule has 114 valence electrons. The molecule has 1 unspecified atom stereocenters. The van der Waals surface area contributed by atoms with Crippen LogP contribution < -0.4 is 10.1 Å². The Morgan fingerprint density at radius 1 is 1.32 bits per heavy atom. The average molecular weight is 360 g/mol. The van der Waals surface area contributed by atoms with Gasteiger partial charge in [-0.3, -0.25) is 4.79 Å². The van der Waals surface area contributed by atoms with Gasteiger partial charge >= 0.3 is 0 Å². The maximum atomic E-state index is 12.2. The predicted molar refractivity (Wildman–Crippen MR) is 90.4 cm³/mol. The molecular formula is C18H18BrNO2. The van der Waals surface area contributed by atoms with Crippen molar-refractivity contribution in [1.29, 1.82) is 0 Å². The molecule has 0 spiro atoms. The first-order valence-electron chi connectivity index (χ1n) is 7.43. The van der Waals surface area contributed by atoms with Gasteiger partial charge in [0, 0.05) is 22.5 Å². The van der Waals surface area contributed by atoms with Crippen molar-refractivity contribution in [2.24, 2.45) is 0 Å². The van der Waals surface area contributed by atoms with E-state index < -0.39 is 0 Å². The van der Waals surface area contributed by atoms with Gasteiger partial charge in [-0.1, -0.05) is 34.1 Å². The zero-order chi connectivity index (χ0) is 15.5. The topological polar surface area (TPSA) is 38.3 Å². The summed E-state index contributed by atoms with van der Waals surface area (Å²) < 4.78 is 6.43. The van der Waals surface area contributed by atoms with E-state index in [1.807, 2.05) is 37.3 Å². The van der Waals surface area contributed by atoms with Crippen LogP contribution in [0.25, 0.3) is 0 Å². The Morgan fingerprint density at radius 2 is 2.18 bits per heavy atom. The normalized spacial score (nSPS) is 14.1. The molecule has 3 rings (SSSR count). The Labute approximate surface area is 138 Å². The molecular weight excluding hydrogens is 342 g/mol. The fourth-order valence-electron chi connectivity index (χ4n) is 2.71. The maximum absolute atomic E-state index is 12.2. The lowest BCUT2D eigenvalue weighted by molar-refractivity contribution is 0.0940. The predicted octanol–water partition coefficient (Wildman–Crippen LogP) is 3.75. The molecule has 22 heavy (non-hydrogen) atoms. The highest BCUT2D eigenvalue weighted by Gasteiger charge is 2.14. The van der Waals surface area contributed by atoms with Gasteiger partial charge in [0.05, 0.1) is 6.61 Å². The molecule has 0 fully saturated rings. The number of rotatable bonds is 4. The van der Waals surface area contributed by atoms with Crippen LogP contribution in [-0.2, 0) is 12.8 Å². The van der Waals surface area contributed by atoms with Gasteiger partial charge in [-0.25, -0.2) is 0 Å². The number of amides is 1. The van der Waals surface area contributed by atoms with Gasteiger partial charge in [0.2, 0.25) is 0 Å². The number of hydrogen-bond donors (Lipinski definition) is 1. The van der Waals surface area contributed by atoms with Gasteiger partial charge in [0.1, 0.15) is 5.75 Å². The fourth-order valence-corrected chi connectivity index (χ4v) is 3.11. The summed E-state index contributed by atoms with van der Waals surface area (Å²) in [5.74, 6) is 0.952. The van der Waals surface area contributed by atoms with Gasteiger partial charge in [-0.05, 0) is 48.7 Å². The molecule has 0 bridgehead atoms. The van der Waals surface area contributed by atoms with Crippen LogP contribution >= 0.6 is 15.9 Å². The fraction of sp³-hybridized carbons (Fsp3) is 0.278. The summed E-state index contributed by atoms with van der Waals surface area (Å²) in [7, 11) is 0. The summed E-state index contributed by atoms with van der Waals surface area (Å²) in [5, 5.41) is 3.05. The molecule has 0 aliphatic carbocycles. The highest BCUT2D eigenvalue weighted by atomic mass is 79.9. The Morgan fingerprint density at radius 3 is 3.00 bits per heavy atom. The number of halogens is 1. The van der Waals surface area contributed by atoms with Crippen LogP contribution in [0.3, 0.4) is 0 Å². The van der Waals surface area contributed by atoms with Gasteiger partial charge in [-0.2, -0.15) is 0 Å². The van der Waals surface area contributed by atoms with Crippen molar-refractivity contribution in [1.82, 2.24) is 5.32 Å². The lowest BCUT2D eigenvalue weighted by Gasteiger charge is -2.15. The standard InChI is InChI=1S/C18H18BrNO2/c1-12(20-18(21)15-3-2-4-16(19)11-15)9-13-5-6-17-14(10-13)7-8-22-17/h2-6,10-12H,7-9H2,1H3,(H,20,21). The van der Waals surface area contributed by atoms with E-state index in [2.05, 4.69) is 33.4 Å². The second kappa shape index (κ2) is 6.53. The van der Waals surface area contributed by atoms with E-state index in [1.165, 1.54) is 11.1 Å². The largest absolute Gasteiger partial charge is 0.493 e. The van der Waals surface area contributed by atoms with Crippen LogP contribution in [0, 0.1) is 0 Å². The van der Waals surface area contributed by atoms with E-state index in [1.54, 1.807) is 0 Å². The number of carbonyl (C=O) groups excluding carboxylic acids is 1. The minimum absolute atomic E-state index is 0.0432. The SMILES string of the molecule is CC(Cc1ccc2c(c1)CCO2)NC(=O)c1cccc(Br)c1. The van der Waals surface area contributed by atoms with Gasteiger partial charge in [-0.15, -0.1) is 0 Å². The van der Waals surface area contributed by atoms with Crippen LogP contribution in [0.1, 0.15) is 28.4 Å². The molecule has 2 aromatic carbocycles. The monoisotopic (exact) mass is 359 g/mol. The van der Waals surface area contributed by atoms with E-state index >= 15 is 0 Å². The Balaban J connectivity index is 1.62. The summed E-state index contributed by atoms with van der Waals surface area (Å²) in [6, 6.07) is 13.8. The number of nitrogens with one attached hydrogen (secondary N) is 1. The summed E-state index contributed by atoms with van der Waals surface area (Å²) in [5.41, 5.74) is 3.16. The van der Waals surface area contributed by atoms with Crippen LogP contribution in [0.15, 0.2) is 46.9 Å². The molecule has 1 atom stereocenters. The van der Waals surface area contributed by atoms with Gasteiger partial charge in [0.25, 0.3) is 5.91 Å². The second-order valence-electron chi connectivity index (χ2n) is 5.63. The zero-order valence-electron chi connectivity index (χ0n) is 12.4. The van der Waals surface area contributed by atoms with Gasteiger partial charge < -0.3 is 10.1 Å². The molecule has 1 aliphatic rings. The number of hydrogen-bond acceptors (Lipinski definition) is 2. The van der Waals surface area contributed by atoms with Crippen molar-refractivity contribution in [3.63, 3.8) is 0 Å². The number of ether oxygens (including phenoxy) is 1. The van der Waals surface area contributed by atoms with Crippen molar-refractivity contribution in [2.75, 3.05) is 6.61 Å². The summed E-state index contributed by atoms with van der Waals surface area (Å²) in [6.07, 6.45) is 1.79. The molecule has 1 N–H and O–H groups in total. The maximum Gasteiger partial charge on any atom is 0.251 e. The summed E-state index contributed by atoms with van der Waals surface area (Å²) >= 11 is 3.39. The van der Waals surface area contributed by atoms with Crippen molar-refractivity contribution in [2.45, 2.75) is 25.8 Å². The first kappa shape index (κ1) is 15.1. The van der Waals surface area contributed by atoms with Gasteiger partial charge in [0.15, 0.2) is 0 Å². The van der Waals surface area contributed by atoms with E-state index in [9.17, 15) is 4.79 Å². The highest BCUT2D eigenvalue weighted by molar-refractivity contribution is 9.10. The highest BCUT2D eigenvalue weighted by Crippen LogP contribution is 2.26. The quantitative estimate of drug-likeness (QED) is 0.902. The Bertz CT molecular complexity index is 699. The molecule has 1 heterocycles. The minimum atomic E-state index is -0.0432. The third kappa shape index (κ3) is 3.50. The number of carbonyl (C=O) groups is 1. The zero-order valence-corrected chi connectivity index (χ0v) is 14.0. The molecule has 3 nitrogen and oxygen atoms in total. The molecule has 2 aromatic rings.